The van der Waals surface area contributed by atoms with Crippen molar-refractivity contribution in [3.63, 3.8) is 0 Å². The predicted molar refractivity (Wildman–Crippen MR) is 59.3 cm³/mol. The lowest BCUT2D eigenvalue weighted by Gasteiger charge is -2.06. The summed E-state index contributed by atoms with van der Waals surface area (Å²) < 4.78 is 0. The fourth-order valence-electron chi connectivity index (χ4n) is 0.968. The van der Waals surface area contributed by atoms with E-state index in [4.69, 9.17) is 23.2 Å². The molecule has 0 heterocycles. The number of amides is 1. The maximum Gasteiger partial charge on any atom is 0.221 e. The van der Waals surface area contributed by atoms with Gasteiger partial charge in [0, 0.05) is 12.6 Å². The number of hydrogen-bond acceptors (Lipinski definition) is 1. The molecule has 14 heavy (non-hydrogen) atoms. The number of rotatable bonds is 2. The Kier molecular flexibility index (Phi) is 3.55. The van der Waals surface area contributed by atoms with E-state index >= 15 is 0 Å². The Morgan fingerprint density at radius 1 is 1.36 bits per heavy atom. The Bertz CT molecular complexity index is 388. The van der Waals surface area contributed by atoms with Crippen molar-refractivity contribution in [2.45, 2.75) is 6.92 Å². The molecule has 1 N–H and O–H groups in total. The summed E-state index contributed by atoms with van der Waals surface area (Å²) in [6, 6.07) is 5.06. The van der Waals surface area contributed by atoms with E-state index in [0.29, 0.717) is 15.7 Å². The Morgan fingerprint density at radius 2 is 2.00 bits per heavy atom. The molecule has 74 valence electrons. The molecule has 4 heteroatoms. The van der Waals surface area contributed by atoms with E-state index in [0.717, 1.165) is 5.56 Å². The highest BCUT2D eigenvalue weighted by molar-refractivity contribution is 6.42. The summed E-state index contributed by atoms with van der Waals surface area (Å²) in [5.41, 5.74) is 1.26. The lowest BCUT2D eigenvalue weighted by molar-refractivity contribution is -0.117. The zero-order valence-corrected chi connectivity index (χ0v) is 9.12. The van der Waals surface area contributed by atoms with Crippen LogP contribution in [0.5, 0.6) is 0 Å². The first-order valence-corrected chi connectivity index (χ1v) is 4.68. The van der Waals surface area contributed by atoms with E-state index in [1.807, 2.05) is 0 Å². The maximum absolute atomic E-state index is 10.7. The van der Waals surface area contributed by atoms with Crippen LogP contribution in [0.4, 0.5) is 0 Å². The van der Waals surface area contributed by atoms with Gasteiger partial charge in [-0.15, -0.1) is 0 Å². The van der Waals surface area contributed by atoms with E-state index in [-0.39, 0.29) is 5.91 Å². The summed E-state index contributed by atoms with van der Waals surface area (Å²) in [7, 11) is 0. The third-order valence-electron chi connectivity index (χ3n) is 1.59. The van der Waals surface area contributed by atoms with Crippen LogP contribution < -0.4 is 5.32 Å². The molecule has 0 aromatic heterocycles. The van der Waals surface area contributed by atoms with Crippen LogP contribution in [-0.2, 0) is 4.79 Å². The van der Waals surface area contributed by atoms with Gasteiger partial charge in [0.2, 0.25) is 5.91 Å². The first-order valence-electron chi connectivity index (χ1n) is 3.92. The van der Waals surface area contributed by atoms with Gasteiger partial charge in [0.25, 0.3) is 0 Å². The fourth-order valence-corrected chi connectivity index (χ4v) is 1.27. The minimum atomic E-state index is -0.166. The highest BCUT2D eigenvalue weighted by atomic mass is 35.5. The van der Waals surface area contributed by atoms with E-state index < -0.39 is 0 Å². The van der Waals surface area contributed by atoms with Crippen molar-refractivity contribution < 1.29 is 4.79 Å². The van der Waals surface area contributed by atoms with E-state index in [9.17, 15) is 4.79 Å². The van der Waals surface area contributed by atoms with Crippen molar-refractivity contribution in [2.24, 2.45) is 0 Å². The van der Waals surface area contributed by atoms with Gasteiger partial charge < -0.3 is 5.32 Å². The molecular weight excluding hydrogens is 221 g/mol. The summed E-state index contributed by atoms with van der Waals surface area (Å²) in [5.74, 6) is -0.166. The lowest BCUT2D eigenvalue weighted by Crippen LogP contribution is -2.17. The topological polar surface area (TPSA) is 29.1 Å². The van der Waals surface area contributed by atoms with Gasteiger partial charge in [-0.1, -0.05) is 35.8 Å². The standard InChI is InChI=1S/C10H9Cl2NO/c1-6(13-7(2)14)8-3-4-9(11)10(12)5-8/h3-5H,1H2,2H3,(H,13,14). The number of carbonyl (C=O) groups is 1. The summed E-state index contributed by atoms with van der Waals surface area (Å²) in [6.07, 6.45) is 0. The molecule has 0 unspecified atom stereocenters. The van der Waals surface area contributed by atoms with Crippen LogP contribution >= 0.6 is 23.2 Å². The molecule has 0 aliphatic carbocycles. The quantitative estimate of drug-likeness (QED) is 0.830. The number of nitrogens with one attached hydrogen (secondary N) is 1. The summed E-state index contributed by atoms with van der Waals surface area (Å²) in [4.78, 5) is 10.7. The molecule has 0 spiro atoms. The number of hydrogen-bond donors (Lipinski definition) is 1. The van der Waals surface area contributed by atoms with Crippen LogP contribution in [0, 0.1) is 0 Å². The molecule has 0 bridgehead atoms. The Morgan fingerprint density at radius 3 is 2.50 bits per heavy atom. The molecule has 1 aromatic rings. The molecule has 1 aromatic carbocycles. The van der Waals surface area contributed by atoms with Gasteiger partial charge in [-0.25, -0.2) is 0 Å². The molecule has 2 nitrogen and oxygen atoms in total. The first-order chi connectivity index (χ1) is 6.50. The monoisotopic (exact) mass is 229 g/mol. The van der Waals surface area contributed by atoms with Crippen molar-refractivity contribution in [1.29, 1.82) is 0 Å². The van der Waals surface area contributed by atoms with Gasteiger partial charge in [0.1, 0.15) is 0 Å². The van der Waals surface area contributed by atoms with Gasteiger partial charge in [0.05, 0.1) is 10.0 Å². The van der Waals surface area contributed by atoms with Crippen LogP contribution in [0.2, 0.25) is 10.0 Å². The van der Waals surface area contributed by atoms with Gasteiger partial charge in [-0.3, -0.25) is 4.79 Å². The summed E-state index contributed by atoms with van der Waals surface area (Å²) in [6.45, 7) is 5.12. The van der Waals surface area contributed by atoms with Gasteiger partial charge in [0.15, 0.2) is 0 Å². The Labute approximate surface area is 92.5 Å². The van der Waals surface area contributed by atoms with Gasteiger partial charge in [-0.05, 0) is 17.7 Å². The molecule has 0 saturated heterocycles. The molecule has 0 fully saturated rings. The van der Waals surface area contributed by atoms with Crippen molar-refractivity contribution in [3.8, 4) is 0 Å². The second-order valence-corrected chi connectivity index (χ2v) is 3.60. The predicted octanol–water partition coefficient (Wildman–Crippen LogP) is 3.10. The van der Waals surface area contributed by atoms with Crippen molar-refractivity contribution in [3.05, 3.63) is 40.4 Å². The van der Waals surface area contributed by atoms with E-state index in [1.54, 1.807) is 18.2 Å². The molecule has 1 rings (SSSR count). The average Bonchev–Trinajstić information content (AvgIpc) is 2.08. The zero-order valence-electron chi connectivity index (χ0n) is 7.60. The number of halogens is 2. The Hall–Kier alpha value is -0.990. The second kappa shape index (κ2) is 4.49. The minimum absolute atomic E-state index is 0.166. The molecule has 1 amide bonds. The van der Waals surface area contributed by atoms with E-state index in [1.165, 1.54) is 6.92 Å². The van der Waals surface area contributed by atoms with Crippen LogP contribution in [0.3, 0.4) is 0 Å². The summed E-state index contributed by atoms with van der Waals surface area (Å²) >= 11 is 11.6. The van der Waals surface area contributed by atoms with Gasteiger partial charge in [-0.2, -0.15) is 0 Å². The minimum Gasteiger partial charge on any atom is -0.326 e. The van der Waals surface area contributed by atoms with Crippen LogP contribution in [0.25, 0.3) is 5.70 Å². The van der Waals surface area contributed by atoms with Gasteiger partial charge >= 0.3 is 0 Å². The summed E-state index contributed by atoms with van der Waals surface area (Å²) in [5, 5.41) is 3.49. The van der Waals surface area contributed by atoms with Crippen molar-refractivity contribution >= 4 is 34.8 Å². The highest BCUT2D eigenvalue weighted by Crippen LogP contribution is 2.24. The average molecular weight is 230 g/mol. The first kappa shape index (κ1) is 11.1. The number of carbonyl (C=O) groups excluding carboxylic acids is 1. The highest BCUT2D eigenvalue weighted by Gasteiger charge is 2.03. The molecule has 0 saturated carbocycles. The SMILES string of the molecule is C=C(NC(C)=O)c1ccc(Cl)c(Cl)c1. The lowest BCUT2D eigenvalue weighted by atomic mass is 10.2. The van der Waals surface area contributed by atoms with Crippen molar-refractivity contribution in [2.75, 3.05) is 0 Å². The van der Waals surface area contributed by atoms with Crippen molar-refractivity contribution in [1.82, 2.24) is 5.32 Å². The maximum atomic E-state index is 10.7. The smallest absolute Gasteiger partial charge is 0.221 e. The third kappa shape index (κ3) is 2.76. The molecule has 0 radical (unpaired) electrons. The van der Waals surface area contributed by atoms with E-state index in [2.05, 4.69) is 11.9 Å². The van der Waals surface area contributed by atoms with Crippen LogP contribution in [0.15, 0.2) is 24.8 Å². The number of benzene rings is 1. The normalized spacial score (nSPS) is 9.64. The van der Waals surface area contributed by atoms with Crippen LogP contribution in [-0.4, -0.2) is 5.91 Å². The molecular formula is C10H9Cl2NO. The zero-order chi connectivity index (χ0) is 10.7. The Balaban J connectivity index is 2.91. The fraction of sp³-hybridized carbons (Fsp3) is 0.100. The third-order valence-corrected chi connectivity index (χ3v) is 2.33. The largest absolute Gasteiger partial charge is 0.326 e. The molecule has 0 aliphatic heterocycles. The second-order valence-electron chi connectivity index (χ2n) is 2.79. The van der Waals surface area contributed by atoms with Crippen LogP contribution in [0.1, 0.15) is 12.5 Å². The molecule has 0 atom stereocenters. The molecule has 0 aliphatic rings.